The van der Waals surface area contributed by atoms with Gasteiger partial charge in [0, 0.05) is 26.9 Å². The van der Waals surface area contributed by atoms with Crippen LogP contribution in [-0.4, -0.2) is 7.11 Å². The number of methoxy groups -OCH3 is 1. The van der Waals surface area contributed by atoms with Gasteiger partial charge < -0.3 is 16.2 Å². The van der Waals surface area contributed by atoms with Gasteiger partial charge >= 0.3 is 0 Å². The van der Waals surface area contributed by atoms with Crippen molar-refractivity contribution in [2.24, 2.45) is 5.73 Å². The van der Waals surface area contributed by atoms with E-state index in [1.165, 1.54) is 0 Å². The maximum atomic E-state index is 5.78. The highest BCUT2D eigenvalue weighted by molar-refractivity contribution is 14.1. The zero-order valence-corrected chi connectivity index (χ0v) is 9.83. The molecular formula is C9H13IN2O. The molecule has 1 rings (SSSR count). The molecule has 1 atom stereocenters. The van der Waals surface area contributed by atoms with Crippen LogP contribution in [0.5, 0.6) is 5.75 Å². The predicted molar refractivity (Wildman–Crippen MR) is 62.7 cm³/mol. The highest BCUT2D eigenvalue weighted by atomic mass is 127. The van der Waals surface area contributed by atoms with Crippen LogP contribution in [0.1, 0.15) is 18.5 Å². The molecule has 0 aliphatic carbocycles. The van der Waals surface area contributed by atoms with Gasteiger partial charge in [0.25, 0.3) is 0 Å². The molecule has 4 N–H and O–H groups in total. The van der Waals surface area contributed by atoms with E-state index in [0.29, 0.717) is 0 Å². The van der Waals surface area contributed by atoms with Gasteiger partial charge in [0.15, 0.2) is 0 Å². The molecule has 0 saturated heterocycles. The summed E-state index contributed by atoms with van der Waals surface area (Å²) in [6, 6.07) is 3.73. The van der Waals surface area contributed by atoms with E-state index in [9.17, 15) is 0 Å². The van der Waals surface area contributed by atoms with Gasteiger partial charge in [-0.1, -0.05) is 0 Å². The second kappa shape index (κ2) is 4.15. The zero-order chi connectivity index (χ0) is 10.0. The molecule has 0 unspecified atom stereocenters. The number of anilines is 1. The molecule has 0 spiro atoms. The van der Waals surface area contributed by atoms with Crippen molar-refractivity contribution in [2.45, 2.75) is 13.0 Å². The summed E-state index contributed by atoms with van der Waals surface area (Å²) >= 11 is 2.18. The smallest absolute Gasteiger partial charge is 0.125 e. The van der Waals surface area contributed by atoms with E-state index >= 15 is 0 Å². The van der Waals surface area contributed by atoms with Crippen molar-refractivity contribution in [3.8, 4) is 5.75 Å². The molecule has 1 aromatic rings. The van der Waals surface area contributed by atoms with Crippen LogP contribution in [0.15, 0.2) is 12.1 Å². The molecule has 0 radical (unpaired) electrons. The second-order valence-electron chi connectivity index (χ2n) is 2.90. The van der Waals surface area contributed by atoms with Crippen molar-refractivity contribution in [1.82, 2.24) is 0 Å². The minimum Gasteiger partial charge on any atom is -0.496 e. The van der Waals surface area contributed by atoms with Gasteiger partial charge in [-0.2, -0.15) is 0 Å². The first kappa shape index (κ1) is 10.6. The molecule has 0 aromatic heterocycles. The number of halogens is 1. The predicted octanol–water partition coefficient (Wildman–Crippen LogP) is 1.90. The first-order chi connectivity index (χ1) is 6.06. The molecule has 0 amide bonds. The van der Waals surface area contributed by atoms with Crippen LogP contribution in [0.3, 0.4) is 0 Å². The van der Waals surface area contributed by atoms with E-state index in [4.69, 9.17) is 16.2 Å². The Balaban J connectivity index is 3.25. The Morgan fingerprint density at radius 3 is 2.54 bits per heavy atom. The lowest BCUT2D eigenvalue weighted by atomic mass is 10.1. The van der Waals surface area contributed by atoms with Crippen LogP contribution < -0.4 is 16.2 Å². The summed E-state index contributed by atoms with van der Waals surface area (Å²) in [5.41, 5.74) is 13.2. The topological polar surface area (TPSA) is 61.3 Å². The minimum atomic E-state index is -0.0379. The first-order valence-electron chi connectivity index (χ1n) is 3.94. The van der Waals surface area contributed by atoms with E-state index in [1.54, 1.807) is 13.2 Å². The molecule has 3 nitrogen and oxygen atoms in total. The van der Waals surface area contributed by atoms with Gasteiger partial charge in [0.2, 0.25) is 0 Å². The Bertz CT molecular complexity index is 313. The summed E-state index contributed by atoms with van der Waals surface area (Å²) in [5, 5.41) is 0. The van der Waals surface area contributed by atoms with E-state index in [-0.39, 0.29) is 6.04 Å². The highest BCUT2D eigenvalue weighted by Gasteiger charge is 2.10. The third-order valence-corrected chi connectivity index (χ3v) is 2.77. The van der Waals surface area contributed by atoms with Crippen molar-refractivity contribution in [1.29, 1.82) is 0 Å². The quantitative estimate of drug-likeness (QED) is 0.646. The molecule has 72 valence electrons. The molecule has 0 fully saturated rings. The Labute approximate surface area is 91.6 Å². The molecule has 1 aromatic carbocycles. The Morgan fingerprint density at radius 1 is 1.46 bits per heavy atom. The minimum absolute atomic E-state index is 0.0379. The lowest BCUT2D eigenvalue weighted by Gasteiger charge is -2.13. The molecule has 0 saturated carbocycles. The molecular weight excluding hydrogens is 279 g/mol. The number of benzene rings is 1. The fraction of sp³-hybridized carbons (Fsp3) is 0.333. The average Bonchev–Trinajstić information content (AvgIpc) is 2.08. The fourth-order valence-corrected chi connectivity index (χ4v) is 1.61. The van der Waals surface area contributed by atoms with Gasteiger partial charge in [0.05, 0.1) is 7.11 Å². The summed E-state index contributed by atoms with van der Waals surface area (Å²) in [4.78, 5) is 0. The molecule has 0 aliphatic rings. The van der Waals surface area contributed by atoms with E-state index in [0.717, 1.165) is 20.6 Å². The van der Waals surface area contributed by atoms with E-state index < -0.39 is 0 Å². The summed E-state index contributed by atoms with van der Waals surface area (Å²) in [6.07, 6.45) is 0. The average molecular weight is 292 g/mol. The van der Waals surface area contributed by atoms with Gasteiger partial charge in [0.1, 0.15) is 5.75 Å². The molecule has 0 bridgehead atoms. The van der Waals surface area contributed by atoms with Crippen molar-refractivity contribution in [3.05, 3.63) is 21.3 Å². The standard InChI is InChI=1S/C9H13IN2O/c1-5(11)6-3-7(10)8(12)4-9(6)13-2/h3-5H,11-12H2,1-2H3/t5-/m1/s1. The van der Waals surface area contributed by atoms with E-state index in [2.05, 4.69) is 22.6 Å². The fourth-order valence-electron chi connectivity index (χ4n) is 1.12. The van der Waals surface area contributed by atoms with Crippen molar-refractivity contribution in [2.75, 3.05) is 12.8 Å². The number of hydrogen-bond acceptors (Lipinski definition) is 3. The maximum absolute atomic E-state index is 5.78. The Hall–Kier alpha value is -0.490. The lowest BCUT2D eigenvalue weighted by Crippen LogP contribution is -2.08. The van der Waals surface area contributed by atoms with Crippen LogP contribution in [0.25, 0.3) is 0 Å². The Morgan fingerprint density at radius 2 is 2.08 bits per heavy atom. The zero-order valence-electron chi connectivity index (χ0n) is 7.67. The van der Waals surface area contributed by atoms with Crippen LogP contribution in [-0.2, 0) is 0 Å². The SMILES string of the molecule is COc1cc(N)c(I)cc1[C@@H](C)N. The third-order valence-electron chi connectivity index (χ3n) is 1.84. The summed E-state index contributed by atoms with van der Waals surface area (Å²) in [7, 11) is 1.62. The molecule has 13 heavy (non-hydrogen) atoms. The Kier molecular flexibility index (Phi) is 3.38. The normalized spacial score (nSPS) is 12.6. The van der Waals surface area contributed by atoms with Gasteiger partial charge in [-0.15, -0.1) is 0 Å². The van der Waals surface area contributed by atoms with Crippen molar-refractivity contribution < 1.29 is 4.74 Å². The van der Waals surface area contributed by atoms with Gasteiger partial charge in [-0.3, -0.25) is 0 Å². The molecule has 4 heteroatoms. The monoisotopic (exact) mass is 292 g/mol. The first-order valence-corrected chi connectivity index (χ1v) is 5.02. The number of nitrogens with two attached hydrogens (primary N) is 2. The molecule has 0 aliphatic heterocycles. The number of rotatable bonds is 2. The number of ether oxygens (including phenoxy) is 1. The van der Waals surface area contributed by atoms with Crippen LogP contribution >= 0.6 is 22.6 Å². The highest BCUT2D eigenvalue weighted by Crippen LogP contribution is 2.29. The second-order valence-corrected chi connectivity index (χ2v) is 4.07. The number of hydrogen-bond donors (Lipinski definition) is 2. The van der Waals surface area contributed by atoms with Crippen molar-refractivity contribution in [3.63, 3.8) is 0 Å². The van der Waals surface area contributed by atoms with Gasteiger partial charge in [-0.25, -0.2) is 0 Å². The van der Waals surface area contributed by atoms with E-state index in [1.807, 2.05) is 13.0 Å². The van der Waals surface area contributed by atoms with Gasteiger partial charge in [-0.05, 0) is 35.6 Å². The third kappa shape index (κ3) is 2.25. The van der Waals surface area contributed by atoms with Crippen molar-refractivity contribution >= 4 is 28.3 Å². The van der Waals surface area contributed by atoms with Crippen LogP contribution in [0.2, 0.25) is 0 Å². The maximum Gasteiger partial charge on any atom is 0.125 e. The summed E-state index contributed by atoms with van der Waals surface area (Å²) in [6.45, 7) is 1.92. The van der Waals surface area contributed by atoms with Crippen LogP contribution in [0.4, 0.5) is 5.69 Å². The number of nitrogen functional groups attached to an aromatic ring is 1. The molecule has 0 heterocycles. The summed E-state index contributed by atoms with van der Waals surface area (Å²) < 4.78 is 6.18. The lowest BCUT2D eigenvalue weighted by molar-refractivity contribution is 0.407. The largest absolute Gasteiger partial charge is 0.496 e. The summed E-state index contributed by atoms with van der Waals surface area (Å²) in [5.74, 6) is 0.757. The van der Waals surface area contributed by atoms with Crippen LogP contribution in [0, 0.1) is 3.57 Å².